The Kier molecular flexibility index (Phi) is 6.05. The van der Waals surface area contributed by atoms with Crippen LogP contribution < -0.4 is 10.1 Å². The first-order valence-electron chi connectivity index (χ1n) is 10.4. The van der Waals surface area contributed by atoms with Crippen LogP contribution in [0.15, 0.2) is 54.6 Å². The van der Waals surface area contributed by atoms with E-state index in [4.69, 9.17) is 4.74 Å². The Bertz CT molecular complexity index is 1400. The molecule has 0 aliphatic carbocycles. The van der Waals surface area contributed by atoms with Gasteiger partial charge >= 0.3 is 0 Å². The monoisotopic (exact) mass is 458 g/mol. The summed E-state index contributed by atoms with van der Waals surface area (Å²) in [5, 5.41) is 18.2. The van der Waals surface area contributed by atoms with Gasteiger partial charge < -0.3 is 10.1 Å². The fourth-order valence-electron chi connectivity index (χ4n) is 3.32. The standard InChI is InChI=1S/C24H22N6O4/c1-14-15(2)28-29(16(14)3)22-13-23(26-17(4)25-22)34-21-10-8-19(9-11-21)27-24(31)18-6-5-7-20(12-18)30(32)33/h5-13H,1-4H3,(H,27,31). The number of aryl methyl sites for hydroxylation is 2. The van der Waals surface area contributed by atoms with Crippen molar-refractivity contribution in [3.8, 4) is 17.4 Å². The van der Waals surface area contributed by atoms with Crippen LogP contribution in [-0.2, 0) is 0 Å². The maximum absolute atomic E-state index is 12.4. The number of amides is 1. The molecular weight excluding hydrogens is 436 g/mol. The number of nitrogens with zero attached hydrogens (tertiary/aromatic N) is 5. The van der Waals surface area contributed by atoms with Crippen molar-refractivity contribution in [2.24, 2.45) is 0 Å². The highest BCUT2D eigenvalue weighted by atomic mass is 16.6. The minimum Gasteiger partial charge on any atom is -0.439 e. The molecule has 0 bridgehead atoms. The van der Waals surface area contributed by atoms with E-state index in [1.165, 1.54) is 24.3 Å². The first kappa shape index (κ1) is 22.6. The number of ether oxygens (including phenoxy) is 1. The van der Waals surface area contributed by atoms with Crippen molar-refractivity contribution in [2.75, 3.05) is 5.32 Å². The van der Waals surface area contributed by atoms with Crippen LogP contribution in [0.3, 0.4) is 0 Å². The zero-order valence-electron chi connectivity index (χ0n) is 19.1. The lowest BCUT2D eigenvalue weighted by Crippen LogP contribution is -2.12. The molecule has 2 aromatic carbocycles. The molecule has 4 rings (SSSR count). The number of anilines is 1. The van der Waals surface area contributed by atoms with E-state index in [1.54, 1.807) is 41.9 Å². The Hall–Kier alpha value is -4.60. The fourth-order valence-corrected chi connectivity index (χ4v) is 3.32. The lowest BCUT2D eigenvalue weighted by atomic mass is 10.2. The molecule has 0 radical (unpaired) electrons. The lowest BCUT2D eigenvalue weighted by molar-refractivity contribution is -0.384. The molecule has 4 aromatic rings. The van der Waals surface area contributed by atoms with Crippen LogP contribution in [0.2, 0.25) is 0 Å². The zero-order chi connectivity index (χ0) is 24.4. The Labute approximate surface area is 195 Å². The predicted octanol–water partition coefficient (Wildman–Crippen LogP) is 4.85. The number of rotatable bonds is 6. The highest BCUT2D eigenvalue weighted by molar-refractivity contribution is 6.04. The molecule has 34 heavy (non-hydrogen) atoms. The molecule has 0 saturated heterocycles. The van der Waals surface area contributed by atoms with Crippen LogP contribution >= 0.6 is 0 Å². The van der Waals surface area contributed by atoms with Gasteiger partial charge in [-0.2, -0.15) is 10.1 Å². The minimum absolute atomic E-state index is 0.147. The molecule has 10 nitrogen and oxygen atoms in total. The van der Waals surface area contributed by atoms with Crippen molar-refractivity contribution in [3.63, 3.8) is 0 Å². The first-order chi connectivity index (χ1) is 16.2. The molecule has 0 aliphatic heterocycles. The van der Waals surface area contributed by atoms with Crippen LogP contribution in [-0.4, -0.2) is 30.6 Å². The predicted molar refractivity (Wildman–Crippen MR) is 126 cm³/mol. The van der Waals surface area contributed by atoms with Gasteiger partial charge in [0.1, 0.15) is 11.6 Å². The number of nitrogens with one attached hydrogen (secondary N) is 1. The van der Waals surface area contributed by atoms with Gasteiger partial charge in [0.2, 0.25) is 5.88 Å². The SMILES string of the molecule is Cc1nc(Oc2ccc(NC(=O)c3cccc([N+](=O)[O-])c3)cc2)cc(-n2nc(C)c(C)c2C)n1. The first-order valence-corrected chi connectivity index (χ1v) is 10.4. The van der Waals surface area contributed by atoms with Crippen molar-refractivity contribution in [1.82, 2.24) is 19.7 Å². The number of hydrogen-bond donors (Lipinski definition) is 1. The Morgan fingerprint density at radius 2 is 1.76 bits per heavy atom. The molecule has 0 saturated carbocycles. The molecule has 0 unspecified atom stereocenters. The molecule has 0 fully saturated rings. The summed E-state index contributed by atoms with van der Waals surface area (Å²) in [6.45, 7) is 7.72. The summed E-state index contributed by atoms with van der Waals surface area (Å²) in [5.41, 5.74) is 3.58. The summed E-state index contributed by atoms with van der Waals surface area (Å²) in [6, 6.07) is 14.0. The molecule has 2 aromatic heterocycles. The quantitative estimate of drug-likeness (QED) is 0.323. The lowest BCUT2D eigenvalue weighted by Gasteiger charge is -2.10. The summed E-state index contributed by atoms with van der Waals surface area (Å²) in [7, 11) is 0. The smallest absolute Gasteiger partial charge is 0.270 e. The second-order valence-electron chi connectivity index (χ2n) is 7.71. The van der Waals surface area contributed by atoms with E-state index >= 15 is 0 Å². The third-order valence-electron chi connectivity index (χ3n) is 5.32. The average molecular weight is 458 g/mol. The number of nitro groups is 1. The van der Waals surface area contributed by atoms with Gasteiger partial charge in [-0.3, -0.25) is 14.9 Å². The van der Waals surface area contributed by atoms with E-state index in [9.17, 15) is 14.9 Å². The number of carbonyl (C=O) groups is 1. The molecule has 0 spiro atoms. The molecule has 172 valence electrons. The molecule has 10 heteroatoms. The van der Waals surface area contributed by atoms with Crippen LogP contribution in [0.5, 0.6) is 11.6 Å². The fraction of sp³-hybridized carbons (Fsp3) is 0.167. The van der Waals surface area contributed by atoms with Crippen LogP contribution in [0.1, 0.15) is 33.1 Å². The molecule has 2 heterocycles. The van der Waals surface area contributed by atoms with Gasteiger partial charge in [-0.25, -0.2) is 9.67 Å². The van der Waals surface area contributed by atoms with Crippen molar-refractivity contribution >= 4 is 17.3 Å². The van der Waals surface area contributed by atoms with Gasteiger partial charge in [0, 0.05) is 35.1 Å². The third-order valence-corrected chi connectivity index (χ3v) is 5.32. The van der Waals surface area contributed by atoms with Gasteiger partial charge in [-0.1, -0.05) is 6.07 Å². The van der Waals surface area contributed by atoms with Crippen molar-refractivity contribution < 1.29 is 14.5 Å². The average Bonchev–Trinajstić information content (AvgIpc) is 3.07. The maximum Gasteiger partial charge on any atom is 0.270 e. The molecule has 0 aliphatic rings. The zero-order valence-corrected chi connectivity index (χ0v) is 19.1. The highest BCUT2D eigenvalue weighted by Gasteiger charge is 2.14. The highest BCUT2D eigenvalue weighted by Crippen LogP contribution is 2.25. The summed E-state index contributed by atoms with van der Waals surface area (Å²) >= 11 is 0. The normalized spacial score (nSPS) is 10.7. The topological polar surface area (TPSA) is 125 Å². The minimum atomic E-state index is -0.542. The van der Waals surface area contributed by atoms with Gasteiger partial charge in [0.25, 0.3) is 11.6 Å². The van der Waals surface area contributed by atoms with E-state index in [1.807, 2.05) is 20.8 Å². The molecular formula is C24H22N6O4. The number of aromatic nitrogens is 4. The number of carbonyl (C=O) groups excluding carboxylic acids is 1. The summed E-state index contributed by atoms with van der Waals surface area (Å²) < 4.78 is 7.67. The largest absolute Gasteiger partial charge is 0.439 e. The Morgan fingerprint density at radius 1 is 1.03 bits per heavy atom. The molecule has 1 amide bonds. The second kappa shape index (κ2) is 9.10. The van der Waals surface area contributed by atoms with E-state index < -0.39 is 10.8 Å². The van der Waals surface area contributed by atoms with E-state index in [-0.39, 0.29) is 11.3 Å². The number of benzene rings is 2. The van der Waals surface area contributed by atoms with Crippen LogP contribution in [0.4, 0.5) is 11.4 Å². The van der Waals surface area contributed by atoms with Crippen molar-refractivity contribution in [1.29, 1.82) is 0 Å². The Balaban J connectivity index is 1.49. The van der Waals surface area contributed by atoms with E-state index in [2.05, 4.69) is 20.4 Å². The summed E-state index contributed by atoms with van der Waals surface area (Å²) in [4.78, 5) is 31.6. The number of hydrogen-bond acceptors (Lipinski definition) is 7. The van der Waals surface area contributed by atoms with Gasteiger partial charge in [-0.15, -0.1) is 0 Å². The molecule has 1 N–H and O–H groups in total. The Morgan fingerprint density at radius 3 is 2.41 bits per heavy atom. The van der Waals surface area contributed by atoms with E-state index in [0.717, 1.165) is 17.0 Å². The van der Waals surface area contributed by atoms with Gasteiger partial charge in [0.05, 0.1) is 10.6 Å². The molecule has 0 atom stereocenters. The van der Waals surface area contributed by atoms with Crippen LogP contribution in [0.25, 0.3) is 5.82 Å². The summed E-state index contributed by atoms with van der Waals surface area (Å²) in [6.07, 6.45) is 0. The third kappa shape index (κ3) is 4.75. The van der Waals surface area contributed by atoms with Crippen molar-refractivity contribution in [3.05, 3.63) is 93.1 Å². The van der Waals surface area contributed by atoms with Crippen LogP contribution in [0, 0.1) is 37.8 Å². The number of non-ortho nitro benzene ring substituents is 1. The van der Waals surface area contributed by atoms with Gasteiger partial charge in [0.15, 0.2) is 5.82 Å². The van der Waals surface area contributed by atoms with Gasteiger partial charge in [-0.05, 0) is 63.6 Å². The number of nitro benzene ring substituents is 1. The van der Waals surface area contributed by atoms with E-state index in [0.29, 0.717) is 29.0 Å². The summed E-state index contributed by atoms with van der Waals surface area (Å²) in [5.74, 6) is 1.58. The maximum atomic E-state index is 12.4. The second-order valence-corrected chi connectivity index (χ2v) is 7.71. The van der Waals surface area contributed by atoms with Crippen molar-refractivity contribution in [2.45, 2.75) is 27.7 Å².